The van der Waals surface area contributed by atoms with Gasteiger partial charge in [-0.05, 0) is 23.4 Å². The molecule has 0 saturated heterocycles. The third-order valence-corrected chi connectivity index (χ3v) is 1.71. The molecule has 0 spiro atoms. The van der Waals surface area contributed by atoms with Gasteiger partial charge in [0.25, 0.3) is 0 Å². The molecule has 0 aliphatic rings. The summed E-state index contributed by atoms with van der Waals surface area (Å²) < 4.78 is 0. The lowest BCUT2D eigenvalue weighted by molar-refractivity contribution is 0.258. The molecule has 1 heteroatoms. The molecular weight excluding hydrogens is 160 g/mol. The van der Waals surface area contributed by atoms with Crippen LogP contribution in [0.2, 0.25) is 0 Å². The summed E-state index contributed by atoms with van der Waals surface area (Å²) in [6.07, 6.45) is 5.07. The lowest BCUT2D eigenvalue weighted by Gasteiger charge is -1.94. The predicted molar refractivity (Wildman–Crippen MR) is 56.5 cm³/mol. The highest BCUT2D eigenvalue weighted by atomic mass is 16.3. The number of benzene rings is 1. The van der Waals surface area contributed by atoms with Crippen LogP contribution in [0.1, 0.15) is 6.92 Å². The van der Waals surface area contributed by atoms with Gasteiger partial charge >= 0.3 is 0 Å². The maximum Gasteiger partial charge on any atom is 0.0701 e. The zero-order valence-corrected chi connectivity index (χ0v) is 7.77. The summed E-state index contributed by atoms with van der Waals surface area (Å²) in [5.74, 6) is 0. The first-order chi connectivity index (χ1) is 6.24. The van der Waals surface area contributed by atoms with E-state index >= 15 is 0 Å². The monoisotopic (exact) mass is 174 g/mol. The van der Waals surface area contributed by atoms with Gasteiger partial charge in [-0.25, -0.2) is 0 Å². The normalized spacial score (nSPS) is 15.8. The Balaban J connectivity index is 3.36. The van der Waals surface area contributed by atoms with Crippen molar-refractivity contribution in [3.05, 3.63) is 47.4 Å². The second-order valence-electron chi connectivity index (χ2n) is 2.94. The molecule has 1 unspecified atom stereocenters. The molecule has 0 aliphatic carbocycles. The van der Waals surface area contributed by atoms with Crippen LogP contribution >= 0.6 is 0 Å². The van der Waals surface area contributed by atoms with Crippen molar-refractivity contribution in [2.75, 3.05) is 0 Å². The van der Waals surface area contributed by atoms with Crippen molar-refractivity contribution in [2.45, 2.75) is 13.0 Å². The third-order valence-electron chi connectivity index (χ3n) is 1.71. The molecule has 0 aromatic heterocycles. The Morgan fingerprint density at radius 2 is 1.92 bits per heavy atom. The summed E-state index contributed by atoms with van der Waals surface area (Å²) in [6, 6.07) is 7.89. The van der Waals surface area contributed by atoms with Gasteiger partial charge in [0.05, 0.1) is 6.10 Å². The average Bonchev–Trinajstić information content (AvgIpc) is 2.08. The van der Waals surface area contributed by atoms with Gasteiger partial charge in [-0.1, -0.05) is 43.0 Å². The Bertz CT molecular complexity index is 388. The molecule has 13 heavy (non-hydrogen) atoms. The molecule has 0 aliphatic heterocycles. The van der Waals surface area contributed by atoms with Crippen molar-refractivity contribution in [1.82, 2.24) is 0 Å². The average molecular weight is 174 g/mol. The molecule has 1 N–H and O–H groups in total. The smallest absolute Gasteiger partial charge is 0.0701 e. The van der Waals surface area contributed by atoms with Crippen molar-refractivity contribution in [3.8, 4) is 0 Å². The number of aliphatic hydroxyl groups excluding tert-OH is 1. The zero-order chi connectivity index (χ0) is 9.68. The van der Waals surface area contributed by atoms with E-state index in [1.165, 1.54) is 0 Å². The largest absolute Gasteiger partial charge is 0.389 e. The van der Waals surface area contributed by atoms with Crippen molar-refractivity contribution in [1.29, 1.82) is 0 Å². The van der Waals surface area contributed by atoms with Gasteiger partial charge in [0.2, 0.25) is 0 Å². The SMILES string of the molecule is C=C/C=c1/cccc/c1=C/C(C)O. The number of aliphatic hydroxyl groups is 1. The molecule has 0 bridgehead atoms. The van der Waals surface area contributed by atoms with E-state index in [0.29, 0.717) is 0 Å². The summed E-state index contributed by atoms with van der Waals surface area (Å²) >= 11 is 0. The number of hydrogen-bond donors (Lipinski definition) is 1. The van der Waals surface area contributed by atoms with Gasteiger partial charge in [0, 0.05) is 0 Å². The summed E-state index contributed by atoms with van der Waals surface area (Å²) in [4.78, 5) is 0. The van der Waals surface area contributed by atoms with Gasteiger partial charge in [-0.15, -0.1) is 0 Å². The molecule has 0 heterocycles. The van der Waals surface area contributed by atoms with Gasteiger partial charge in [0.1, 0.15) is 0 Å². The van der Waals surface area contributed by atoms with Crippen LogP contribution in [0.25, 0.3) is 12.2 Å². The van der Waals surface area contributed by atoms with Crippen molar-refractivity contribution >= 4 is 12.2 Å². The number of rotatable bonds is 2. The Morgan fingerprint density at radius 3 is 2.46 bits per heavy atom. The summed E-state index contributed by atoms with van der Waals surface area (Å²) in [5.41, 5.74) is 0. The molecule has 0 amide bonds. The Labute approximate surface area is 78.3 Å². The van der Waals surface area contributed by atoms with Crippen LogP contribution in [-0.2, 0) is 0 Å². The van der Waals surface area contributed by atoms with Gasteiger partial charge in [-0.3, -0.25) is 0 Å². The van der Waals surface area contributed by atoms with E-state index in [0.717, 1.165) is 10.4 Å². The molecule has 1 atom stereocenters. The fourth-order valence-corrected chi connectivity index (χ4v) is 1.20. The van der Waals surface area contributed by atoms with Gasteiger partial charge in [-0.2, -0.15) is 0 Å². The fourth-order valence-electron chi connectivity index (χ4n) is 1.20. The van der Waals surface area contributed by atoms with Crippen LogP contribution in [0.5, 0.6) is 0 Å². The van der Waals surface area contributed by atoms with E-state index in [2.05, 4.69) is 6.58 Å². The van der Waals surface area contributed by atoms with E-state index in [4.69, 9.17) is 0 Å². The summed E-state index contributed by atoms with van der Waals surface area (Å²) in [7, 11) is 0. The van der Waals surface area contributed by atoms with Crippen LogP contribution in [0.4, 0.5) is 0 Å². The van der Waals surface area contributed by atoms with E-state index in [1.54, 1.807) is 13.0 Å². The molecular formula is C12H14O. The summed E-state index contributed by atoms with van der Waals surface area (Å²) in [6.45, 7) is 5.39. The minimum Gasteiger partial charge on any atom is -0.389 e. The van der Waals surface area contributed by atoms with E-state index in [-0.39, 0.29) is 0 Å². The van der Waals surface area contributed by atoms with E-state index < -0.39 is 6.10 Å². The molecule has 1 aromatic rings. The highest BCUT2D eigenvalue weighted by molar-refractivity contribution is 5.39. The van der Waals surface area contributed by atoms with E-state index in [9.17, 15) is 5.11 Å². The highest BCUT2D eigenvalue weighted by Gasteiger charge is 1.87. The molecule has 0 fully saturated rings. The Kier molecular flexibility index (Phi) is 3.47. The molecule has 68 valence electrons. The van der Waals surface area contributed by atoms with Crippen LogP contribution < -0.4 is 10.4 Å². The Morgan fingerprint density at radius 1 is 1.31 bits per heavy atom. The Hall–Kier alpha value is -1.34. The zero-order valence-electron chi connectivity index (χ0n) is 7.77. The van der Waals surface area contributed by atoms with Crippen LogP contribution in [-0.4, -0.2) is 11.2 Å². The lowest BCUT2D eigenvalue weighted by atomic mass is 10.2. The second-order valence-corrected chi connectivity index (χ2v) is 2.94. The topological polar surface area (TPSA) is 20.2 Å². The maximum atomic E-state index is 9.20. The van der Waals surface area contributed by atoms with Gasteiger partial charge in [0.15, 0.2) is 0 Å². The first kappa shape index (κ1) is 9.75. The van der Waals surface area contributed by atoms with Crippen LogP contribution in [0.3, 0.4) is 0 Å². The second kappa shape index (κ2) is 4.63. The molecule has 0 saturated carbocycles. The first-order valence-corrected chi connectivity index (χ1v) is 4.32. The highest BCUT2D eigenvalue weighted by Crippen LogP contribution is 1.80. The van der Waals surface area contributed by atoms with E-state index in [1.807, 2.05) is 36.4 Å². The standard InChI is InChI=1S/C12H14O/c1-3-6-11-7-4-5-8-12(11)9-10(2)13/h3-10,13H,1H2,2H3/b11-6-,12-9-. The maximum absolute atomic E-state index is 9.20. The number of hydrogen-bond acceptors (Lipinski definition) is 1. The number of allylic oxidation sites excluding steroid dienone is 1. The summed E-state index contributed by atoms with van der Waals surface area (Å²) in [5, 5.41) is 11.3. The molecule has 1 rings (SSSR count). The minimum absolute atomic E-state index is 0.417. The molecule has 1 nitrogen and oxygen atoms in total. The predicted octanol–water partition coefficient (Wildman–Crippen LogP) is 0.814. The fraction of sp³-hybridized carbons (Fsp3) is 0.167. The minimum atomic E-state index is -0.417. The lowest BCUT2D eigenvalue weighted by Crippen LogP contribution is -2.25. The van der Waals surface area contributed by atoms with Gasteiger partial charge < -0.3 is 5.11 Å². The van der Waals surface area contributed by atoms with Crippen LogP contribution in [0, 0.1) is 0 Å². The quantitative estimate of drug-likeness (QED) is 0.703. The van der Waals surface area contributed by atoms with Crippen molar-refractivity contribution in [3.63, 3.8) is 0 Å². The molecule has 1 aromatic carbocycles. The third kappa shape index (κ3) is 2.88. The van der Waals surface area contributed by atoms with Crippen LogP contribution in [0.15, 0.2) is 36.9 Å². The molecule has 0 radical (unpaired) electrons. The van der Waals surface area contributed by atoms with Crippen molar-refractivity contribution < 1.29 is 5.11 Å². The first-order valence-electron chi connectivity index (χ1n) is 4.32. The van der Waals surface area contributed by atoms with Crippen molar-refractivity contribution in [2.24, 2.45) is 0 Å².